The minimum absolute atomic E-state index is 0.219. The summed E-state index contributed by atoms with van der Waals surface area (Å²) in [5.74, 6) is 0.738. The van der Waals surface area contributed by atoms with E-state index in [0.717, 1.165) is 6.54 Å². The lowest BCUT2D eigenvalue weighted by Gasteiger charge is -2.11. The zero-order valence-electron chi connectivity index (χ0n) is 9.99. The van der Waals surface area contributed by atoms with Crippen LogP contribution < -0.4 is 10.1 Å². The molecule has 0 aliphatic heterocycles. The predicted octanol–water partition coefficient (Wildman–Crippen LogP) is 1.87. The molecule has 0 aliphatic carbocycles. The normalized spacial score (nSPS) is 11.2. The van der Waals surface area contributed by atoms with Gasteiger partial charge in [0.2, 0.25) is 5.88 Å². The van der Waals surface area contributed by atoms with Crippen molar-refractivity contribution in [2.45, 2.75) is 26.8 Å². The van der Waals surface area contributed by atoms with Crippen molar-refractivity contribution in [1.29, 1.82) is 0 Å². The summed E-state index contributed by atoms with van der Waals surface area (Å²) in [5.41, 5.74) is 0.689. The fourth-order valence-corrected chi connectivity index (χ4v) is 1.24. The molecule has 96 valence electrons. The van der Waals surface area contributed by atoms with E-state index in [1.54, 1.807) is 6.20 Å². The molecule has 17 heavy (non-hydrogen) atoms. The summed E-state index contributed by atoms with van der Waals surface area (Å²) >= 11 is 0. The van der Waals surface area contributed by atoms with E-state index < -0.39 is 13.0 Å². The highest BCUT2D eigenvalue weighted by atomic mass is 19.3. The Balaban J connectivity index is 2.51. The third-order valence-corrected chi connectivity index (χ3v) is 1.96. The summed E-state index contributed by atoms with van der Waals surface area (Å²) in [4.78, 5) is 7.69. The van der Waals surface area contributed by atoms with E-state index in [1.807, 2.05) is 0 Å². The summed E-state index contributed by atoms with van der Waals surface area (Å²) in [6.45, 7) is 4.88. The van der Waals surface area contributed by atoms with Gasteiger partial charge >= 0.3 is 0 Å². The minimum Gasteiger partial charge on any atom is -0.471 e. The second-order valence-electron chi connectivity index (χ2n) is 4.08. The molecule has 1 aromatic rings. The van der Waals surface area contributed by atoms with Gasteiger partial charge in [0.25, 0.3) is 6.43 Å². The van der Waals surface area contributed by atoms with Crippen LogP contribution in [-0.4, -0.2) is 29.5 Å². The van der Waals surface area contributed by atoms with Gasteiger partial charge in [-0.3, -0.25) is 0 Å². The van der Waals surface area contributed by atoms with E-state index in [1.165, 1.54) is 6.33 Å². The summed E-state index contributed by atoms with van der Waals surface area (Å²) in [7, 11) is 0. The van der Waals surface area contributed by atoms with Crippen molar-refractivity contribution in [2.75, 3.05) is 13.2 Å². The fourth-order valence-electron chi connectivity index (χ4n) is 1.24. The van der Waals surface area contributed by atoms with Crippen LogP contribution >= 0.6 is 0 Å². The van der Waals surface area contributed by atoms with Gasteiger partial charge < -0.3 is 10.1 Å². The first-order chi connectivity index (χ1) is 8.09. The zero-order valence-corrected chi connectivity index (χ0v) is 9.99. The molecule has 0 aromatic carbocycles. The Labute approximate surface area is 99.4 Å². The van der Waals surface area contributed by atoms with E-state index in [2.05, 4.69) is 29.1 Å². The first-order valence-electron chi connectivity index (χ1n) is 5.50. The summed E-state index contributed by atoms with van der Waals surface area (Å²) in [5, 5.41) is 3.18. The van der Waals surface area contributed by atoms with E-state index in [0.29, 0.717) is 18.0 Å². The summed E-state index contributed by atoms with van der Waals surface area (Å²) < 4.78 is 29.0. The molecule has 1 rings (SSSR count). The molecular formula is C11H17F2N3O. The highest BCUT2D eigenvalue weighted by Gasteiger charge is 2.09. The van der Waals surface area contributed by atoms with Gasteiger partial charge in [0, 0.05) is 18.3 Å². The maximum Gasteiger partial charge on any atom is 0.272 e. The van der Waals surface area contributed by atoms with Gasteiger partial charge in [0.1, 0.15) is 6.33 Å². The topological polar surface area (TPSA) is 47.0 Å². The minimum atomic E-state index is -2.50. The fraction of sp³-hybridized carbons (Fsp3) is 0.636. The van der Waals surface area contributed by atoms with Gasteiger partial charge in [-0.25, -0.2) is 18.7 Å². The van der Waals surface area contributed by atoms with E-state index >= 15 is 0 Å². The number of nitrogens with zero attached hydrogens (tertiary/aromatic N) is 2. The van der Waals surface area contributed by atoms with Crippen LogP contribution in [0.3, 0.4) is 0 Å². The molecule has 1 heterocycles. The molecular weight excluding hydrogens is 228 g/mol. The standard InChI is InChI=1S/C11H17F2N3O/c1-8(2)3-14-4-9-5-15-7-16-11(9)17-6-10(12)13/h5,7-8,10,14H,3-4,6H2,1-2H3. The molecule has 4 nitrogen and oxygen atoms in total. The van der Waals surface area contributed by atoms with Gasteiger partial charge in [0.15, 0.2) is 6.61 Å². The molecule has 0 saturated heterocycles. The molecule has 0 spiro atoms. The molecule has 0 bridgehead atoms. The van der Waals surface area contributed by atoms with Crippen molar-refractivity contribution in [3.63, 3.8) is 0 Å². The smallest absolute Gasteiger partial charge is 0.272 e. The third kappa shape index (κ3) is 5.53. The van der Waals surface area contributed by atoms with Crippen molar-refractivity contribution in [1.82, 2.24) is 15.3 Å². The first kappa shape index (κ1) is 13.8. The summed E-state index contributed by atoms with van der Waals surface area (Å²) in [6.07, 6.45) is 0.356. The number of ether oxygens (including phenoxy) is 1. The number of hydrogen-bond acceptors (Lipinski definition) is 4. The van der Waals surface area contributed by atoms with Crippen LogP contribution in [0, 0.1) is 5.92 Å². The monoisotopic (exact) mass is 245 g/mol. The van der Waals surface area contributed by atoms with Gasteiger partial charge in [-0.1, -0.05) is 13.8 Å². The quantitative estimate of drug-likeness (QED) is 0.796. The highest BCUT2D eigenvalue weighted by Crippen LogP contribution is 2.13. The lowest BCUT2D eigenvalue weighted by atomic mass is 10.2. The highest BCUT2D eigenvalue weighted by molar-refractivity contribution is 5.21. The van der Waals surface area contributed by atoms with Crippen LogP contribution in [0.2, 0.25) is 0 Å². The zero-order chi connectivity index (χ0) is 12.7. The van der Waals surface area contributed by atoms with Crippen molar-refractivity contribution >= 4 is 0 Å². The van der Waals surface area contributed by atoms with Crippen LogP contribution in [0.5, 0.6) is 5.88 Å². The predicted molar refractivity (Wildman–Crippen MR) is 60.1 cm³/mol. The van der Waals surface area contributed by atoms with E-state index in [4.69, 9.17) is 4.74 Å². The first-order valence-corrected chi connectivity index (χ1v) is 5.50. The Morgan fingerprint density at radius 2 is 2.18 bits per heavy atom. The van der Waals surface area contributed by atoms with E-state index in [-0.39, 0.29) is 5.88 Å². The lowest BCUT2D eigenvalue weighted by Crippen LogP contribution is -2.20. The molecule has 1 aromatic heterocycles. The molecule has 6 heteroatoms. The Bertz CT molecular complexity index is 334. The molecule has 0 aliphatic rings. The van der Waals surface area contributed by atoms with Gasteiger partial charge in [-0.05, 0) is 12.5 Å². The average molecular weight is 245 g/mol. The molecule has 0 saturated carbocycles. The van der Waals surface area contributed by atoms with Crippen molar-refractivity contribution in [2.24, 2.45) is 5.92 Å². The van der Waals surface area contributed by atoms with E-state index in [9.17, 15) is 8.78 Å². The van der Waals surface area contributed by atoms with Crippen LogP contribution in [0.25, 0.3) is 0 Å². The SMILES string of the molecule is CC(C)CNCc1cncnc1OCC(F)F. The number of rotatable bonds is 7. The molecule has 1 N–H and O–H groups in total. The van der Waals surface area contributed by atoms with Crippen LogP contribution in [0.1, 0.15) is 19.4 Å². The Morgan fingerprint density at radius 1 is 1.41 bits per heavy atom. The number of aromatic nitrogens is 2. The van der Waals surface area contributed by atoms with Gasteiger partial charge in [0.05, 0.1) is 0 Å². The van der Waals surface area contributed by atoms with Gasteiger partial charge in [-0.15, -0.1) is 0 Å². The van der Waals surface area contributed by atoms with Crippen molar-refractivity contribution < 1.29 is 13.5 Å². The Kier molecular flexibility index (Phi) is 5.76. The maximum atomic E-state index is 12.0. The van der Waals surface area contributed by atoms with Gasteiger partial charge in [-0.2, -0.15) is 0 Å². The molecule has 0 fully saturated rings. The summed E-state index contributed by atoms with van der Waals surface area (Å²) in [6, 6.07) is 0. The largest absolute Gasteiger partial charge is 0.471 e. The second kappa shape index (κ2) is 7.11. The molecule has 0 atom stereocenters. The molecule has 0 amide bonds. The van der Waals surface area contributed by atoms with Crippen molar-refractivity contribution in [3.05, 3.63) is 18.1 Å². The number of nitrogens with one attached hydrogen (secondary N) is 1. The second-order valence-corrected chi connectivity index (χ2v) is 4.08. The molecule has 0 radical (unpaired) electrons. The van der Waals surface area contributed by atoms with Crippen LogP contribution in [0.15, 0.2) is 12.5 Å². The lowest BCUT2D eigenvalue weighted by molar-refractivity contribution is 0.0789. The third-order valence-electron chi connectivity index (χ3n) is 1.96. The number of hydrogen-bond donors (Lipinski definition) is 1. The number of halogens is 2. The Hall–Kier alpha value is -1.30. The van der Waals surface area contributed by atoms with Crippen LogP contribution in [0.4, 0.5) is 8.78 Å². The maximum absolute atomic E-state index is 12.0. The molecule has 0 unspecified atom stereocenters. The van der Waals surface area contributed by atoms with Crippen LogP contribution in [-0.2, 0) is 6.54 Å². The number of alkyl halides is 2. The van der Waals surface area contributed by atoms with Crippen molar-refractivity contribution in [3.8, 4) is 5.88 Å². The average Bonchev–Trinajstić information content (AvgIpc) is 2.27. The Morgan fingerprint density at radius 3 is 2.82 bits per heavy atom.